The Hall–Kier alpha value is -1.88. The van der Waals surface area contributed by atoms with E-state index in [2.05, 4.69) is 23.6 Å². The normalized spacial score (nSPS) is 16.4. The number of carboxylic acid groups (broad SMARTS) is 1. The van der Waals surface area contributed by atoms with Crippen molar-refractivity contribution in [2.75, 3.05) is 31.1 Å². The molecule has 1 fully saturated rings. The maximum absolute atomic E-state index is 11.3. The van der Waals surface area contributed by atoms with E-state index in [9.17, 15) is 9.59 Å². The first-order valence-corrected chi connectivity index (χ1v) is 6.85. The lowest BCUT2D eigenvalue weighted by atomic mass is 10.1. The predicted molar refractivity (Wildman–Crippen MR) is 77.3 cm³/mol. The van der Waals surface area contributed by atoms with E-state index in [-0.39, 0.29) is 5.56 Å². The molecule has 0 aromatic heterocycles. The monoisotopic (exact) mass is 276 g/mol. The van der Waals surface area contributed by atoms with Crippen LogP contribution in [0.15, 0.2) is 24.3 Å². The Morgan fingerprint density at radius 3 is 2.05 bits per heavy atom. The van der Waals surface area contributed by atoms with Gasteiger partial charge in [-0.25, -0.2) is 4.79 Å². The van der Waals surface area contributed by atoms with Crippen molar-refractivity contribution >= 4 is 17.4 Å². The van der Waals surface area contributed by atoms with Gasteiger partial charge in [0.25, 0.3) is 5.78 Å². The Morgan fingerprint density at radius 2 is 1.60 bits per heavy atom. The van der Waals surface area contributed by atoms with E-state index in [0.29, 0.717) is 6.04 Å². The summed E-state index contributed by atoms with van der Waals surface area (Å²) in [5, 5.41) is 8.67. The van der Waals surface area contributed by atoms with Crippen molar-refractivity contribution in [1.82, 2.24) is 4.90 Å². The number of piperazine rings is 1. The summed E-state index contributed by atoms with van der Waals surface area (Å²) >= 11 is 0. The van der Waals surface area contributed by atoms with Gasteiger partial charge in [-0.1, -0.05) is 0 Å². The number of benzene rings is 1. The fraction of sp³-hybridized carbons (Fsp3) is 0.467. The molecule has 1 heterocycles. The summed E-state index contributed by atoms with van der Waals surface area (Å²) in [5.74, 6) is -2.27. The van der Waals surface area contributed by atoms with Gasteiger partial charge in [-0.2, -0.15) is 0 Å². The quantitative estimate of drug-likeness (QED) is 0.667. The van der Waals surface area contributed by atoms with Crippen molar-refractivity contribution in [3.63, 3.8) is 0 Å². The van der Waals surface area contributed by atoms with Crippen LogP contribution in [-0.2, 0) is 4.79 Å². The van der Waals surface area contributed by atoms with Crippen LogP contribution in [0.4, 0.5) is 5.69 Å². The van der Waals surface area contributed by atoms with Gasteiger partial charge in [-0.3, -0.25) is 9.69 Å². The Kier molecular flexibility index (Phi) is 4.39. The van der Waals surface area contributed by atoms with Crippen molar-refractivity contribution in [2.45, 2.75) is 19.9 Å². The number of anilines is 1. The third-order valence-electron chi connectivity index (χ3n) is 3.73. The van der Waals surface area contributed by atoms with Crippen molar-refractivity contribution in [3.8, 4) is 0 Å². The zero-order valence-electron chi connectivity index (χ0n) is 11.9. The molecule has 108 valence electrons. The van der Waals surface area contributed by atoms with Gasteiger partial charge < -0.3 is 10.0 Å². The van der Waals surface area contributed by atoms with Crippen LogP contribution in [0.5, 0.6) is 0 Å². The molecule has 0 atom stereocenters. The summed E-state index contributed by atoms with van der Waals surface area (Å²) in [6.07, 6.45) is 0. The molecule has 0 spiro atoms. The molecule has 0 radical (unpaired) electrons. The first kappa shape index (κ1) is 14.5. The smallest absolute Gasteiger partial charge is 0.377 e. The molecule has 1 aromatic carbocycles. The van der Waals surface area contributed by atoms with Gasteiger partial charge >= 0.3 is 5.97 Å². The lowest BCUT2D eigenvalue weighted by Crippen LogP contribution is -2.48. The molecule has 5 nitrogen and oxygen atoms in total. The molecule has 0 unspecified atom stereocenters. The number of carboxylic acids is 1. The van der Waals surface area contributed by atoms with E-state index in [1.807, 2.05) is 12.1 Å². The lowest BCUT2D eigenvalue weighted by molar-refractivity contribution is -0.131. The number of ketones is 1. The molecule has 0 aliphatic carbocycles. The third kappa shape index (κ3) is 3.17. The van der Waals surface area contributed by atoms with Crippen molar-refractivity contribution in [3.05, 3.63) is 29.8 Å². The summed E-state index contributed by atoms with van der Waals surface area (Å²) in [4.78, 5) is 26.6. The zero-order valence-corrected chi connectivity index (χ0v) is 11.9. The molecule has 20 heavy (non-hydrogen) atoms. The number of carbonyl (C=O) groups excluding carboxylic acids is 1. The van der Waals surface area contributed by atoms with E-state index >= 15 is 0 Å². The highest BCUT2D eigenvalue weighted by molar-refractivity contribution is 6.39. The molecule has 1 N–H and O–H groups in total. The van der Waals surface area contributed by atoms with Crippen molar-refractivity contribution in [1.29, 1.82) is 0 Å². The average Bonchev–Trinajstić information content (AvgIpc) is 2.46. The second-order valence-corrected chi connectivity index (χ2v) is 5.30. The molecule has 0 amide bonds. The minimum atomic E-state index is -1.41. The Balaban J connectivity index is 2.01. The highest BCUT2D eigenvalue weighted by Gasteiger charge is 2.19. The Bertz CT molecular complexity index is 488. The van der Waals surface area contributed by atoms with E-state index in [1.165, 1.54) is 0 Å². The van der Waals surface area contributed by atoms with E-state index < -0.39 is 11.8 Å². The van der Waals surface area contributed by atoms with E-state index in [1.54, 1.807) is 12.1 Å². The number of hydrogen-bond donors (Lipinski definition) is 1. The highest BCUT2D eigenvalue weighted by Crippen LogP contribution is 2.18. The van der Waals surface area contributed by atoms with Crippen LogP contribution in [0.2, 0.25) is 0 Å². The standard InChI is InChI=1S/C15H20N2O3/c1-11(2)16-7-9-17(10-8-16)13-5-3-12(4-6-13)14(18)15(19)20/h3-6,11H,7-10H2,1-2H3,(H,19,20). The van der Waals surface area contributed by atoms with Gasteiger partial charge in [0, 0.05) is 43.5 Å². The minimum absolute atomic E-state index is 0.224. The SMILES string of the molecule is CC(C)N1CCN(c2ccc(C(=O)C(=O)O)cc2)CC1. The number of carbonyl (C=O) groups is 2. The molecule has 1 saturated heterocycles. The van der Waals surface area contributed by atoms with Gasteiger partial charge in [-0.15, -0.1) is 0 Å². The summed E-state index contributed by atoms with van der Waals surface area (Å²) in [6, 6.07) is 7.37. The fourth-order valence-corrected chi connectivity index (χ4v) is 2.44. The van der Waals surface area contributed by atoms with Crippen molar-refractivity contribution < 1.29 is 14.7 Å². The Labute approximate surface area is 118 Å². The first-order chi connectivity index (χ1) is 9.49. The molecule has 0 saturated carbocycles. The summed E-state index contributed by atoms with van der Waals surface area (Å²) in [7, 11) is 0. The molecule has 2 rings (SSSR count). The van der Waals surface area contributed by atoms with Crippen LogP contribution in [0, 0.1) is 0 Å². The van der Waals surface area contributed by atoms with Gasteiger partial charge in [0.05, 0.1) is 0 Å². The second-order valence-electron chi connectivity index (χ2n) is 5.30. The number of rotatable bonds is 4. The number of aliphatic carboxylic acids is 1. The van der Waals surface area contributed by atoms with E-state index in [4.69, 9.17) is 5.11 Å². The molecule has 5 heteroatoms. The third-order valence-corrected chi connectivity index (χ3v) is 3.73. The minimum Gasteiger partial charge on any atom is -0.475 e. The summed E-state index contributed by atoms with van der Waals surface area (Å²) in [5.41, 5.74) is 1.26. The fourth-order valence-electron chi connectivity index (χ4n) is 2.44. The van der Waals surface area contributed by atoms with Crippen LogP contribution in [0.1, 0.15) is 24.2 Å². The average molecular weight is 276 g/mol. The molecular formula is C15H20N2O3. The van der Waals surface area contributed by atoms with Gasteiger partial charge in [0.1, 0.15) is 0 Å². The molecule has 1 aromatic rings. The number of hydrogen-bond acceptors (Lipinski definition) is 4. The van der Waals surface area contributed by atoms with Crippen LogP contribution in [0.25, 0.3) is 0 Å². The lowest BCUT2D eigenvalue weighted by Gasteiger charge is -2.38. The topological polar surface area (TPSA) is 60.9 Å². The zero-order chi connectivity index (χ0) is 14.7. The summed E-state index contributed by atoms with van der Waals surface area (Å²) < 4.78 is 0. The van der Waals surface area contributed by atoms with E-state index in [0.717, 1.165) is 31.9 Å². The molecular weight excluding hydrogens is 256 g/mol. The van der Waals surface area contributed by atoms with Gasteiger partial charge in [0.15, 0.2) is 0 Å². The van der Waals surface area contributed by atoms with Gasteiger partial charge in [-0.05, 0) is 38.1 Å². The molecule has 1 aliphatic heterocycles. The van der Waals surface area contributed by atoms with Crippen LogP contribution in [0.3, 0.4) is 0 Å². The van der Waals surface area contributed by atoms with Crippen LogP contribution >= 0.6 is 0 Å². The number of Topliss-reactive ketones (excluding diaryl/α,β-unsaturated/α-hetero) is 1. The van der Waals surface area contributed by atoms with Crippen LogP contribution < -0.4 is 4.90 Å². The van der Waals surface area contributed by atoms with Gasteiger partial charge in [0.2, 0.25) is 0 Å². The maximum Gasteiger partial charge on any atom is 0.377 e. The second kappa shape index (κ2) is 6.05. The van der Waals surface area contributed by atoms with Crippen molar-refractivity contribution in [2.24, 2.45) is 0 Å². The predicted octanol–water partition coefficient (Wildman–Crippen LogP) is 1.48. The number of nitrogens with zero attached hydrogens (tertiary/aromatic N) is 2. The maximum atomic E-state index is 11.3. The Morgan fingerprint density at radius 1 is 1.05 bits per heavy atom. The first-order valence-electron chi connectivity index (χ1n) is 6.85. The summed E-state index contributed by atoms with van der Waals surface area (Å²) in [6.45, 7) is 8.33. The molecule has 1 aliphatic rings. The highest BCUT2D eigenvalue weighted by atomic mass is 16.4. The molecule has 0 bridgehead atoms. The van der Waals surface area contributed by atoms with Crippen LogP contribution in [-0.4, -0.2) is 54.0 Å². The largest absolute Gasteiger partial charge is 0.475 e.